The maximum Gasteiger partial charge on any atom is 0.434 e. The minimum Gasteiger partial charge on any atom is -0.351 e. The molecule has 2 aromatic heterocycles. The van der Waals surface area contributed by atoms with Gasteiger partial charge in [-0.25, -0.2) is 19.3 Å². The van der Waals surface area contributed by atoms with Gasteiger partial charge in [-0.2, -0.15) is 13.2 Å². The molecule has 0 bridgehead atoms. The van der Waals surface area contributed by atoms with Crippen molar-refractivity contribution in [2.75, 3.05) is 24.7 Å². The molecule has 152 valence electrons. The van der Waals surface area contributed by atoms with E-state index in [-0.39, 0.29) is 17.0 Å². The highest BCUT2D eigenvalue weighted by molar-refractivity contribution is 7.96. The molecular weight excluding hydrogens is 418 g/mol. The lowest BCUT2D eigenvalue weighted by molar-refractivity contribution is -0.140. The summed E-state index contributed by atoms with van der Waals surface area (Å²) in [6, 6.07) is 0.0399. The number of carbonyl (C=O) groups is 1. The fourth-order valence-corrected chi connectivity index (χ4v) is 4.33. The maximum atomic E-state index is 14.3. The molecule has 1 aliphatic rings. The third-order valence-electron chi connectivity index (χ3n) is 4.20. The molecule has 0 radical (unpaired) electrons. The molecule has 0 aromatic carbocycles. The lowest BCUT2D eigenvalue weighted by Gasteiger charge is -2.30. The summed E-state index contributed by atoms with van der Waals surface area (Å²) in [5.74, 6) is -1.59. The van der Waals surface area contributed by atoms with Crippen molar-refractivity contribution in [2.45, 2.75) is 32.0 Å². The van der Waals surface area contributed by atoms with Gasteiger partial charge < -0.3 is 5.32 Å². The van der Waals surface area contributed by atoms with Gasteiger partial charge in [0.15, 0.2) is 22.3 Å². The van der Waals surface area contributed by atoms with Crippen molar-refractivity contribution in [1.29, 1.82) is 0 Å². The predicted molar refractivity (Wildman–Crippen MR) is 99.8 cm³/mol. The lowest BCUT2D eigenvalue weighted by atomic mass is 10.1. The number of alkyl halides is 3. The van der Waals surface area contributed by atoms with E-state index < -0.39 is 34.0 Å². The molecule has 1 aliphatic heterocycles. The summed E-state index contributed by atoms with van der Waals surface area (Å²) in [7, 11) is 0. The van der Waals surface area contributed by atoms with Crippen molar-refractivity contribution >= 4 is 35.0 Å². The fourth-order valence-electron chi connectivity index (χ4n) is 2.78. The highest BCUT2D eigenvalue weighted by Crippen LogP contribution is 2.40. The summed E-state index contributed by atoms with van der Waals surface area (Å²) in [5.41, 5.74) is -1.84. The molecule has 28 heavy (non-hydrogen) atoms. The van der Waals surface area contributed by atoms with E-state index >= 15 is 0 Å². The van der Waals surface area contributed by atoms with Gasteiger partial charge in [0, 0.05) is 26.1 Å². The van der Waals surface area contributed by atoms with Gasteiger partial charge in [-0.3, -0.25) is 9.10 Å². The number of anilines is 1. The summed E-state index contributed by atoms with van der Waals surface area (Å²) >= 11 is 2.12. The first-order chi connectivity index (χ1) is 13.2. The number of halogens is 4. The number of hydrogen-bond donors (Lipinski definition) is 1. The molecule has 0 spiro atoms. The Bertz CT molecular complexity index is 865. The highest BCUT2D eigenvalue weighted by atomic mass is 32.2. The number of ketones is 1. The van der Waals surface area contributed by atoms with Crippen LogP contribution in [0.1, 0.15) is 35.3 Å². The standard InChI is InChI=1S/C16H17F4N5OS2/c1-8(26)14-24-13(16(18,19)20)12(28-14)11-10(17)7-21-15(23-11)22-9-3-5-25(27-2)6-4-9/h7,9H,3-6H2,1-2H3,(H,21,22,23). The lowest BCUT2D eigenvalue weighted by Crippen LogP contribution is -2.35. The second-order valence-corrected chi connectivity index (χ2v) is 8.05. The molecule has 12 heteroatoms. The van der Waals surface area contributed by atoms with E-state index in [0.29, 0.717) is 11.3 Å². The van der Waals surface area contributed by atoms with Crippen LogP contribution in [0.15, 0.2) is 6.20 Å². The van der Waals surface area contributed by atoms with E-state index in [9.17, 15) is 22.4 Å². The van der Waals surface area contributed by atoms with Gasteiger partial charge in [0.1, 0.15) is 5.69 Å². The molecule has 2 aromatic rings. The number of piperidine rings is 1. The fraction of sp³-hybridized carbons (Fsp3) is 0.500. The third-order valence-corrected chi connectivity index (χ3v) is 6.25. The average Bonchev–Trinajstić information content (AvgIpc) is 3.10. The zero-order valence-electron chi connectivity index (χ0n) is 15.0. The number of nitrogens with zero attached hydrogens (tertiary/aromatic N) is 4. The van der Waals surface area contributed by atoms with E-state index in [1.54, 1.807) is 11.9 Å². The first-order valence-electron chi connectivity index (χ1n) is 8.36. The monoisotopic (exact) mass is 435 g/mol. The number of hydrogen-bond acceptors (Lipinski definition) is 8. The van der Waals surface area contributed by atoms with Crippen molar-refractivity contribution < 1.29 is 22.4 Å². The van der Waals surface area contributed by atoms with Crippen LogP contribution in [0.4, 0.5) is 23.5 Å². The molecule has 3 heterocycles. The third kappa shape index (κ3) is 4.61. The van der Waals surface area contributed by atoms with E-state index in [2.05, 4.69) is 24.6 Å². The van der Waals surface area contributed by atoms with Gasteiger partial charge in [-0.15, -0.1) is 11.3 Å². The number of carbonyl (C=O) groups excluding carboxylic acids is 1. The quantitative estimate of drug-likeness (QED) is 0.430. The van der Waals surface area contributed by atoms with Gasteiger partial charge in [-0.05, 0) is 19.1 Å². The zero-order valence-corrected chi connectivity index (χ0v) is 16.6. The molecular formula is C16H17F4N5OS2. The molecule has 0 unspecified atom stereocenters. The van der Waals surface area contributed by atoms with E-state index in [0.717, 1.165) is 39.1 Å². The van der Waals surface area contributed by atoms with E-state index in [1.165, 1.54) is 0 Å². The van der Waals surface area contributed by atoms with Crippen LogP contribution in [0, 0.1) is 5.82 Å². The topological polar surface area (TPSA) is 71.0 Å². The van der Waals surface area contributed by atoms with E-state index in [4.69, 9.17) is 0 Å². The van der Waals surface area contributed by atoms with Gasteiger partial charge in [-0.1, -0.05) is 11.9 Å². The highest BCUT2D eigenvalue weighted by Gasteiger charge is 2.39. The number of thiazole rings is 1. The minimum atomic E-state index is -4.84. The first-order valence-corrected chi connectivity index (χ1v) is 10.4. The Morgan fingerprint density at radius 1 is 1.32 bits per heavy atom. The molecule has 3 rings (SSSR count). The first kappa shape index (κ1) is 20.9. The summed E-state index contributed by atoms with van der Waals surface area (Å²) in [6.07, 6.45) is -0.407. The number of rotatable bonds is 5. The number of aromatic nitrogens is 3. The molecule has 6 nitrogen and oxygen atoms in total. The van der Waals surface area contributed by atoms with Gasteiger partial charge in [0.25, 0.3) is 0 Å². The largest absolute Gasteiger partial charge is 0.434 e. The predicted octanol–water partition coefficient (Wildman–Crippen LogP) is 4.11. The van der Waals surface area contributed by atoms with Crippen molar-refractivity contribution in [3.05, 3.63) is 22.7 Å². The summed E-state index contributed by atoms with van der Waals surface area (Å²) in [6.45, 7) is 2.80. The van der Waals surface area contributed by atoms with Crippen LogP contribution in [0.25, 0.3) is 10.6 Å². The Labute approximate surface area is 166 Å². The van der Waals surface area contributed by atoms with Gasteiger partial charge in [0.2, 0.25) is 5.95 Å². The molecule has 0 amide bonds. The maximum absolute atomic E-state index is 14.3. The minimum absolute atomic E-state index is 0.0399. The number of Topliss-reactive ketones (excluding diaryl/α,β-unsaturated/α-hetero) is 1. The summed E-state index contributed by atoms with van der Waals surface area (Å²) in [4.78, 5) is 22.1. The molecule has 1 N–H and O–H groups in total. The van der Waals surface area contributed by atoms with Crippen molar-refractivity contribution in [1.82, 2.24) is 19.3 Å². The molecule has 1 saturated heterocycles. The Balaban J connectivity index is 1.91. The molecule has 0 atom stereocenters. The van der Waals surface area contributed by atoms with Crippen LogP contribution in [0.3, 0.4) is 0 Å². The van der Waals surface area contributed by atoms with Crippen LogP contribution in [0.5, 0.6) is 0 Å². The van der Waals surface area contributed by atoms with Crippen LogP contribution in [-0.2, 0) is 6.18 Å². The molecule has 0 saturated carbocycles. The zero-order chi connectivity index (χ0) is 20.5. The molecule has 1 fully saturated rings. The number of nitrogens with one attached hydrogen (secondary N) is 1. The summed E-state index contributed by atoms with van der Waals surface area (Å²) in [5, 5.41) is 2.71. The second kappa shape index (κ2) is 8.29. The SMILES string of the molecule is CSN1CCC(Nc2ncc(F)c(-c3sc(C(C)=O)nc3C(F)(F)F)n2)CC1. The molecule has 0 aliphatic carbocycles. The Morgan fingerprint density at radius 2 is 2.00 bits per heavy atom. The van der Waals surface area contributed by atoms with Crippen LogP contribution >= 0.6 is 23.3 Å². The summed E-state index contributed by atoms with van der Waals surface area (Å²) < 4.78 is 56.5. The van der Waals surface area contributed by atoms with E-state index in [1.807, 2.05) is 6.26 Å². The normalized spacial score (nSPS) is 16.4. The van der Waals surface area contributed by atoms with Crippen LogP contribution in [-0.4, -0.2) is 50.4 Å². The smallest absolute Gasteiger partial charge is 0.351 e. The van der Waals surface area contributed by atoms with Gasteiger partial charge >= 0.3 is 6.18 Å². The van der Waals surface area contributed by atoms with Crippen molar-refractivity contribution in [3.8, 4) is 10.6 Å². The van der Waals surface area contributed by atoms with Crippen LogP contribution < -0.4 is 5.32 Å². The average molecular weight is 435 g/mol. The van der Waals surface area contributed by atoms with Crippen molar-refractivity contribution in [3.63, 3.8) is 0 Å². The second-order valence-electron chi connectivity index (χ2n) is 6.17. The van der Waals surface area contributed by atoms with Crippen molar-refractivity contribution in [2.24, 2.45) is 0 Å². The van der Waals surface area contributed by atoms with Gasteiger partial charge in [0.05, 0.1) is 11.1 Å². The van der Waals surface area contributed by atoms with Crippen LogP contribution in [0.2, 0.25) is 0 Å². The Hall–Kier alpha value is -1.79. The Kier molecular flexibility index (Phi) is 6.20. The Morgan fingerprint density at radius 3 is 2.57 bits per heavy atom.